The van der Waals surface area contributed by atoms with Crippen molar-refractivity contribution < 1.29 is 29.4 Å². The number of allylic oxidation sites excluding steroid dienone is 5. The van der Waals surface area contributed by atoms with Crippen LogP contribution >= 0.6 is 0 Å². The highest BCUT2D eigenvalue weighted by atomic mass is 16.3. The Morgan fingerprint density at radius 2 is 1.78 bits per heavy atom. The first-order valence-corrected chi connectivity index (χ1v) is 13.0. The van der Waals surface area contributed by atoms with E-state index >= 15 is 0 Å². The van der Waals surface area contributed by atoms with E-state index in [4.69, 9.17) is 0 Å². The highest BCUT2D eigenvalue weighted by molar-refractivity contribution is 6.27. The number of aliphatic hydroxyl groups is 1. The molecule has 37 heavy (non-hydrogen) atoms. The Balaban J connectivity index is 1.76. The molecule has 1 aromatic carbocycles. The van der Waals surface area contributed by atoms with E-state index in [2.05, 4.69) is 0 Å². The molecule has 2 unspecified atom stereocenters. The maximum atomic E-state index is 14.3. The van der Waals surface area contributed by atoms with Gasteiger partial charge in [0.15, 0.2) is 23.0 Å². The zero-order valence-corrected chi connectivity index (χ0v) is 22.3. The smallest absolute Gasteiger partial charge is 0.192 e. The highest BCUT2D eigenvalue weighted by Crippen LogP contribution is 2.64. The Kier molecular flexibility index (Phi) is 5.48. The molecule has 0 bridgehead atoms. The molecule has 6 nitrogen and oxygen atoms in total. The van der Waals surface area contributed by atoms with Crippen LogP contribution in [0, 0.1) is 28.6 Å². The second kappa shape index (κ2) is 7.94. The Bertz CT molecular complexity index is 1390. The van der Waals surface area contributed by atoms with Crippen LogP contribution in [0.1, 0.15) is 75.9 Å². The number of aromatic hydroxyl groups is 1. The minimum atomic E-state index is -2.51. The van der Waals surface area contributed by atoms with Crippen molar-refractivity contribution in [1.82, 2.24) is 0 Å². The number of phenols is 1. The van der Waals surface area contributed by atoms with Crippen molar-refractivity contribution >= 4 is 28.7 Å². The molecule has 0 heterocycles. The lowest BCUT2D eigenvalue weighted by Gasteiger charge is -2.60. The van der Waals surface area contributed by atoms with Crippen LogP contribution in [0.15, 0.2) is 41.5 Å². The first-order valence-electron chi connectivity index (χ1n) is 13.0. The molecule has 0 spiro atoms. The Labute approximate surface area is 217 Å². The van der Waals surface area contributed by atoms with Gasteiger partial charge in [-0.3, -0.25) is 19.2 Å². The van der Waals surface area contributed by atoms with Gasteiger partial charge < -0.3 is 10.2 Å². The van der Waals surface area contributed by atoms with E-state index in [1.807, 2.05) is 45.1 Å². The van der Waals surface area contributed by atoms with Crippen molar-refractivity contribution in [2.75, 3.05) is 0 Å². The average Bonchev–Trinajstić information content (AvgIpc) is 3.30. The Hall–Kier alpha value is -3.12. The van der Waals surface area contributed by atoms with Crippen molar-refractivity contribution in [3.8, 4) is 5.75 Å². The maximum Gasteiger partial charge on any atom is 0.192 e. The van der Waals surface area contributed by atoms with Crippen LogP contribution in [0.5, 0.6) is 5.75 Å². The molecule has 0 saturated heterocycles. The third-order valence-corrected chi connectivity index (χ3v) is 9.42. The SMILES string of the molecule is CC(=O)C1C(=O)[C@@]2(O)C(=O)C3C(=O)c4c(O)ccc(C5=CC=CC5)c4C[C@@]3(C)C[C@@]2(C)C(C(C)C)=C1C. The number of carbonyl (C=O) groups excluding carboxylic acids is 4. The van der Waals surface area contributed by atoms with Crippen LogP contribution in [-0.4, -0.2) is 38.9 Å². The molecule has 0 aliphatic heterocycles. The first-order chi connectivity index (χ1) is 17.2. The van der Waals surface area contributed by atoms with Gasteiger partial charge in [-0.05, 0) is 67.2 Å². The number of hydrogen-bond donors (Lipinski definition) is 2. The summed E-state index contributed by atoms with van der Waals surface area (Å²) < 4.78 is 0. The van der Waals surface area contributed by atoms with E-state index in [0.29, 0.717) is 24.0 Å². The normalized spacial score (nSPS) is 34.9. The van der Waals surface area contributed by atoms with Crippen LogP contribution in [-0.2, 0) is 20.8 Å². The van der Waals surface area contributed by atoms with Crippen LogP contribution < -0.4 is 0 Å². The summed E-state index contributed by atoms with van der Waals surface area (Å²) in [6.45, 7) is 10.5. The van der Waals surface area contributed by atoms with Gasteiger partial charge in [0.25, 0.3) is 0 Å². The fraction of sp³-hybridized carbons (Fsp3) is 0.484. The molecule has 5 atom stereocenters. The number of phenolic OH excluding ortho intramolecular Hbond substituents is 1. The minimum Gasteiger partial charge on any atom is -0.507 e. The van der Waals surface area contributed by atoms with Crippen LogP contribution in [0.2, 0.25) is 0 Å². The van der Waals surface area contributed by atoms with Crippen LogP contribution in [0.4, 0.5) is 0 Å². The summed E-state index contributed by atoms with van der Waals surface area (Å²) in [5.74, 6) is -5.57. The molecule has 0 aromatic heterocycles. The lowest BCUT2D eigenvalue weighted by atomic mass is 9.41. The summed E-state index contributed by atoms with van der Waals surface area (Å²) in [5, 5.41) is 22.9. The first kappa shape index (κ1) is 25.5. The molecule has 6 heteroatoms. The van der Waals surface area contributed by atoms with Gasteiger partial charge in [-0.25, -0.2) is 0 Å². The number of ketones is 4. The van der Waals surface area contributed by atoms with E-state index in [-0.39, 0.29) is 23.7 Å². The van der Waals surface area contributed by atoms with Crippen LogP contribution in [0.25, 0.3) is 5.57 Å². The van der Waals surface area contributed by atoms with Crippen molar-refractivity contribution in [3.63, 3.8) is 0 Å². The van der Waals surface area contributed by atoms with E-state index in [9.17, 15) is 29.4 Å². The molecule has 2 N–H and O–H groups in total. The van der Waals surface area contributed by atoms with Crippen molar-refractivity contribution in [1.29, 1.82) is 0 Å². The molecule has 4 aliphatic carbocycles. The standard InChI is InChI=1S/C31H34O6/c1-15(2)24-16(3)22(17(4)32)27(35)31(37)28(36)25-26(34)23-20(13-29(25,5)14-30(24,31)6)19(11-12-21(23)33)18-9-7-8-10-18/h7-9,11-12,15,22,25,33,37H,10,13-14H2,1-6H3/t22?,25?,29-,30-,31+/m0/s1. The maximum absolute atomic E-state index is 14.3. The molecule has 194 valence electrons. The monoisotopic (exact) mass is 502 g/mol. The molecule has 0 amide bonds. The summed E-state index contributed by atoms with van der Waals surface area (Å²) in [4.78, 5) is 54.8. The molecule has 0 radical (unpaired) electrons. The molecular weight excluding hydrogens is 468 g/mol. The molecule has 1 fully saturated rings. The highest BCUT2D eigenvalue weighted by Gasteiger charge is 2.73. The third-order valence-electron chi connectivity index (χ3n) is 9.42. The van der Waals surface area contributed by atoms with E-state index in [1.54, 1.807) is 13.8 Å². The van der Waals surface area contributed by atoms with Crippen molar-refractivity contribution in [2.45, 2.75) is 66.4 Å². The Morgan fingerprint density at radius 3 is 2.35 bits per heavy atom. The topological polar surface area (TPSA) is 109 Å². The number of rotatable bonds is 3. The van der Waals surface area contributed by atoms with Crippen LogP contribution in [0.3, 0.4) is 0 Å². The van der Waals surface area contributed by atoms with Gasteiger partial charge in [0.05, 0.1) is 11.5 Å². The number of fused-ring (bicyclic) bond motifs is 3. The van der Waals surface area contributed by atoms with Gasteiger partial charge >= 0.3 is 0 Å². The zero-order chi connectivity index (χ0) is 27.2. The van der Waals surface area contributed by atoms with Gasteiger partial charge in [-0.1, -0.05) is 63.1 Å². The lowest BCUT2D eigenvalue weighted by molar-refractivity contribution is -0.183. The second-order valence-corrected chi connectivity index (χ2v) is 12.2. The van der Waals surface area contributed by atoms with Crippen molar-refractivity contribution in [3.05, 3.63) is 58.2 Å². The number of benzene rings is 1. The third kappa shape index (κ3) is 3.08. The zero-order valence-electron chi connectivity index (χ0n) is 22.3. The van der Waals surface area contributed by atoms with Gasteiger partial charge in [0.2, 0.25) is 0 Å². The predicted molar refractivity (Wildman–Crippen MR) is 139 cm³/mol. The molecule has 1 aromatic rings. The number of Topliss-reactive ketones (excluding diaryl/α,β-unsaturated/α-hetero) is 4. The van der Waals surface area contributed by atoms with E-state index in [1.165, 1.54) is 13.0 Å². The van der Waals surface area contributed by atoms with Gasteiger partial charge in [-0.15, -0.1) is 0 Å². The summed E-state index contributed by atoms with van der Waals surface area (Å²) in [5.41, 5.74) is -0.654. The minimum absolute atomic E-state index is 0.0931. The number of hydrogen-bond acceptors (Lipinski definition) is 6. The molecule has 1 saturated carbocycles. The van der Waals surface area contributed by atoms with E-state index in [0.717, 1.165) is 16.7 Å². The van der Waals surface area contributed by atoms with Gasteiger partial charge in [0, 0.05) is 5.41 Å². The molecule has 4 aliphatic rings. The number of carbonyl (C=O) groups is 4. The fourth-order valence-corrected chi connectivity index (χ4v) is 8.29. The van der Waals surface area contributed by atoms with Gasteiger partial charge in [-0.2, -0.15) is 0 Å². The Morgan fingerprint density at radius 1 is 1.11 bits per heavy atom. The second-order valence-electron chi connectivity index (χ2n) is 12.2. The largest absolute Gasteiger partial charge is 0.507 e. The molecular formula is C31H34O6. The predicted octanol–water partition coefficient (Wildman–Crippen LogP) is 4.57. The van der Waals surface area contributed by atoms with Gasteiger partial charge in [0.1, 0.15) is 17.5 Å². The van der Waals surface area contributed by atoms with E-state index < -0.39 is 51.4 Å². The van der Waals surface area contributed by atoms with Crippen molar-refractivity contribution in [2.24, 2.45) is 28.6 Å². The summed E-state index contributed by atoms with van der Waals surface area (Å²) in [6, 6.07) is 3.29. The average molecular weight is 503 g/mol. The summed E-state index contributed by atoms with van der Waals surface area (Å²) in [6.07, 6.45) is 7.23. The molecule has 5 rings (SSSR count). The summed E-state index contributed by atoms with van der Waals surface area (Å²) >= 11 is 0. The fourth-order valence-electron chi connectivity index (χ4n) is 8.29. The lowest BCUT2D eigenvalue weighted by Crippen LogP contribution is -2.73. The quantitative estimate of drug-likeness (QED) is 0.463. The summed E-state index contributed by atoms with van der Waals surface area (Å²) in [7, 11) is 0.